The van der Waals surface area contributed by atoms with Gasteiger partial charge in [-0.3, -0.25) is 9.69 Å². The van der Waals surface area contributed by atoms with Gasteiger partial charge in [-0.05, 0) is 57.1 Å². The van der Waals surface area contributed by atoms with E-state index < -0.39 is 23.7 Å². The van der Waals surface area contributed by atoms with Gasteiger partial charge in [-0.15, -0.1) is 0 Å². The molecular formula is C21H24F2N4O2. The molecule has 2 N–H and O–H groups in total. The van der Waals surface area contributed by atoms with Crippen LogP contribution in [0.4, 0.5) is 14.5 Å². The summed E-state index contributed by atoms with van der Waals surface area (Å²) in [5.74, 6) is -0.00416. The van der Waals surface area contributed by atoms with E-state index in [0.717, 1.165) is 11.1 Å². The van der Waals surface area contributed by atoms with E-state index in [2.05, 4.69) is 4.85 Å². The highest BCUT2D eigenvalue weighted by molar-refractivity contribution is 6.08. The minimum Gasteiger partial charge on any atom is -0.369 e. The van der Waals surface area contributed by atoms with E-state index >= 15 is 0 Å². The van der Waals surface area contributed by atoms with Crippen molar-refractivity contribution in [2.75, 3.05) is 0 Å². The number of hydrogen-bond acceptors (Lipinski definition) is 4. The molecule has 1 unspecified atom stereocenters. The first kappa shape index (κ1) is 19.8. The lowest BCUT2D eigenvalue weighted by atomic mass is 9.61. The van der Waals surface area contributed by atoms with Crippen molar-refractivity contribution < 1.29 is 18.3 Å². The van der Waals surface area contributed by atoms with Crippen molar-refractivity contribution in [2.24, 2.45) is 16.1 Å². The van der Waals surface area contributed by atoms with E-state index in [0.29, 0.717) is 37.8 Å². The minimum absolute atomic E-state index is 0.158. The third-order valence-electron chi connectivity index (χ3n) is 6.67. The average molecular weight is 402 g/mol. The second-order valence-corrected chi connectivity index (χ2v) is 8.46. The van der Waals surface area contributed by atoms with Crippen LogP contribution in [0.1, 0.15) is 50.7 Å². The van der Waals surface area contributed by atoms with Crippen LogP contribution in [-0.2, 0) is 21.5 Å². The number of rotatable bonds is 3. The third-order valence-corrected chi connectivity index (χ3v) is 6.67. The highest BCUT2D eigenvalue weighted by Crippen LogP contribution is 2.62. The second-order valence-electron chi connectivity index (χ2n) is 8.46. The molecule has 1 heterocycles. The SMILES string of the molecule is [C-]#[N+]c1ccc2c(c1)C1(N=C(N)N(C(C)C)C1=O)C1(CCC(OC(F)F)CC1)C2. The van der Waals surface area contributed by atoms with Crippen LogP contribution < -0.4 is 5.73 Å². The van der Waals surface area contributed by atoms with Gasteiger partial charge in [0.1, 0.15) is 0 Å². The summed E-state index contributed by atoms with van der Waals surface area (Å²) in [7, 11) is 0. The van der Waals surface area contributed by atoms with E-state index in [1.807, 2.05) is 19.9 Å². The molecule has 8 heteroatoms. The van der Waals surface area contributed by atoms with Crippen molar-refractivity contribution in [1.82, 2.24) is 4.90 Å². The van der Waals surface area contributed by atoms with Crippen LogP contribution in [-0.4, -0.2) is 35.5 Å². The van der Waals surface area contributed by atoms with Crippen molar-refractivity contribution in [1.29, 1.82) is 0 Å². The zero-order valence-electron chi connectivity index (χ0n) is 16.5. The molecule has 1 saturated carbocycles. The number of fused-ring (bicyclic) bond motifs is 3. The molecule has 0 aromatic heterocycles. The molecule has 154 valence electrons. The topological polar surface area (TPSA) is 72.3 Å². The number of carbonyl (C=O) groups excluding carboxylic acids is 1. The van der Waals surface area contributed by atoms with Gasteiger partial charge in [0.2, 0.25) is 0 Å². The number of nitrogens with two attached hydrogens (primary N) is 1. The Kier molecular flexibility index (Phi) is 4.61. The van der Waals surface area contributed by atoms with Crippen LogP contribution in [0.25, 0.3) is 4.85 Å². The van der Waals surface area contributed by atoms with Gasteiger partial charge in [0.25, 0.3) is 5.91 Å². The van der Waals surface area contributed by atoms with Gasteiger partial charge in [0, 0.05) is 11.5 Å². The molecular weight excluding hydrogens is 378 g/mol. The maximum atomic E-state index is 13.8. The molecule has 0 saturated heterocycles. The Hall–Kier alpha value is -2.53. The molecule has 1 aliphatic heterocycles. The first-order chi connectivity index (χ1) is 13.7. The normalized spacial score (nSPS) is 31.1. The maximum absolute atomic E-state index is 13.8. The number of guanidine groups is 1. The first-order valence-electron chi connectivity index (χ1n) is 9.87. The summed E-state index contributed by atoms with van der Waals surface area (Å²) in [5, 5.41) is 0. The summed E-state index contributed by atoms with van der Waals surface area (Å²) in [5.41, 5.74) is 6.60. The highest BCUT2D eigenvalue weighted by Gasteiger charge is 2.66. The van der Waals surface area contributed by atoms with E-state index in [4.69, 9.17) is 22.0 Å². The Bertz CT molecular complexity index is 916. The number of hydrogen-bond donors (Lipinski definition) is 1. The number of nitrogens with zero attached hydrogens (tertiary/aromatic N) is 3. The lowest BCUT2D eigenvalue weighted by molar-refractivity contribution is -0.179. The fourth-order valence-corrected chi connectivity index (χ4v) is 5.44. The zero-order valence-corrected chi connectivity index (χ0v) is 16.5. The fourth-order valence-electron chi connectivity index (χ4n) is 5.44. The van der Waals surface area contributed by atoms with E-state index in [1.54, 1.807) is 12.1 Å². The lowest BCUT2D eigenvalue weighted by Crippen LogP contribution is -2.53. The Balaban J connectivity index is 1.82. The number of carbonyl (C=O) groups is 1. The third kappa shape index (κ3) is 2.75. The van der Waals surface area contributed by atoms with Crippen molar-refractivity contribution in [3.8, 4) is 0 Å². The molecule has 1 aromatic carbocycles. The Labute approximate surface area is 168 Å². The molecule has 0 radical (unpaired) electrons. The van der Waals surface area contributed by atoms with Gasteiger partial charge in [-0.25, -0.2) is 9.84 Å². The van der Waals surface area contributed by atoms with Crippen molar-refractivity contribution in [2.45, 2.75) is 70.2 Å². The van der Waals surface area contributed by atoms with Crippen LogP contribution in [0.5, 0.6) is 0 Å². The molecule has 29 heavy (non-hydrogen) atoms. The van der Waals surface area contributed by atoms with Gasteiger partial charge in [-0.1, -0.05) is 18.2 Å². The molecule has 3 aliphatic rings. The highest BCUT2D eigenvalue weighted by atomic mass is 19.3. The second kappa shape index (κ2) is 6.77. The van der Waals surface area contributed by atoms with E-state index in [-0.39, 0.29) is 17.9 Å². The Morgan fingerprint density at radius 1 is 1.34 bits per heavy atom. The number of ether oxygens (including phenoxy) is 1. The average Bonchev–Trinajstić information content (AvgIpc) is 3.09. The molecule has 2 spiro atoms. The van der Waals surface area contributed by atoms with Crippen molar-refractivity contribution in [3.05, 3.63) is 40.7 Å². The van der Waals surface area contributed by atoms with Crippen molar-refractivity contribution >= 4 is 17.6 Å². The van der Waals surface area contributed by atoms with Crippen LogP contribution in [0.15, 0.2) is 23.2 Å². The Morgan fingerprint density at radius 2 is 2.03 bits per heavy atom. The van der Waals surface area contributed by atoms with Crippen molar-refractivity contribution in [3.63, 3.8) is 0 Å². The standard InChI is InChI=1S/C21H24F2N4O2/c1-12(2)27-17(28)21(26-19(27)24)16-10-14(25-3)5-4-13(16)11-20(21)8-6-15(7-9-20)29-18(22)23/h4-5,10,12,15,18H,6-9,11H2,1-2H3,(H2,24,26). The van der Waals surface area contributed by atoms with Gasteiger partial charge in [0.05, 0.1) is 12.7 Å². The van der Waals surface area contributed by atoms with Gasteiger partial charge in [-0.2, -0.15) is 8.78 Å². The van der Waals surface area contributed by atoms with Gasteiger partial charge in [0.15, 0.2) is 17.2 Å². The van der Waals surface area contributed by atoms with Crippen LogP contribution in [0.3, 0.4) is 0 Å². The summed E-state index contributed by atoms with van der Waals surface area (Å²) < 4.78 is 30.1. The van der Waals surface area contributed by atoms with Crippen LogP contribution >= 0.6 is 0 Å². The molecule has 2 aliphatic carbocycles. The van der Waals surface area contributed by atoms with E-state index in [9.17, 15) is 13.6 Å². The lowest BCUT2D eigenvalue weighted by Gasteiger charge is -2.45. The predicted octanol–water partition coefficient (Wildman–Crippen LogP) is 3.72. The number of halogens is 2. The molecule has 1 fully saturated rings. The van der Waals surface area contributed by atoms with Gasteiger partial charge < -0.3 is 10.5 Å². The summed E-state index contributed by atoms with van der Waals surface area (Å²) in [6.45, 7) is 8.33. The molecule has 0 bridgehead atoms. The largest absolute Gasteiger partial charge is 0.369 e. The summed E-state index contributed by atoms with van der Waals surface area (Å²) in [6, 6.07) is 5.22. The number of aliphatic imine (C=N–C) groups is 1. The summed E-state index contributed by atoms with van der Waals surface area (Å²) >= 11 is 0. The molecule has 1 amide bonds. The first-order valence-corrected chi connectivity index (χ1v) is 9.87. The fraction of sp³-hybridized carbons (Fsp3) is 0.571. The molecule has 6 nitrogen and oxygen atoms in total. The summed E-state index contributed by atoms with van der Waals surface area (Å²) in [6.07, 6.45) is 2.00. The number of alkyl halides is 2. The monoisotopic (exact) mass is 402 g/mol. The predicted molar refractivity (Wildman–Crippen MR) is 103 cm³/mol. The zero-order chi connectivity index (χ0) is 21.0. The van der Waals surface area contributed by atoms with Gasteiger partial charge >= 0.3 is 6.61 Å². The summed E-state index contributed by atoms with van der Waals surface area (Å²) in [4.78, 5) is 23.6. The minimum atomic E-state index is -2.80. The molecule has 1 atom stereocenters. The Morgan fingerprint density at radius 3 is 2.59 bits per heavy atom. The maximum Gasteiger partial charge on any atom is 0.345 e. The number of benzene rings is 1. The molecule has 1 aromatic rings. The van der Waals surface area contributed by atoms with Crippen LogP contribution in [0.2, 0.25) is 0 Å². The number of amides is 1. The quantitative estimate of drug-likeness (QED) is 0.784. The van der Waals surface area contributed by atoms with E-state index in [1.165, 1.54) is 4.90 Å². The molecule has 4 rings (SSSR count). The smallest absolute Gasteiger partial charge is 0.345 e. The van der Waals surface area contributed by atoms with Crippen LogP contribution in [0, 0.1) is 12.0 Å².